The third-order valence-corrected chi connectivity index (χ3v) is 4.03. The summed E-state index contributed by atoms with van der Waals surface area (Å²) in [4.78, 5) is 0. The molecule has 2 heterocycles. The minimum absolute atomic E-state index is 0.489. The predicted octanol–water partition coefficient (Wildman–Crippen LogP) is 3.35. The van der Waals surface area contributed by atoms with E-state index in [0.29, 0.717) is 24.1 Å². The van der Waals surface area contributed by atoms with E-state index in [9.17, 15) is 8.78 Å². The molecule has 0 aromatic heterocycles. The van der Waals surface area contributed by atoms with E-state index in [1.54, 1.807) is 6.07 Å². The zero-order valence-electron chi connectivity index (χ0n) is 11.2. The van der Waals surface area contributed by atoms with Crippen LogP contribution in [0.3, 0.4) is 0 Å². The third-order valence-electron chi connectivity index (χ3n) is 4.03. The van der Waals surface area contributed by atoms with Crippen molar-refractivity contribution in [2.75, 3.05) is 6.54 Å². The topological polar surface area (TPSA) is 26.8 Å². The summed E-state index contributed by atoms with van der Waals surface area (Å²) < 4.78 is 30.3. The summed E-state index contributed by atoms with van der Waals surface area (Å²) in [5.74, 6) is -1.97. The molecule has 0 spiro atoms. The molecule has 0 amide bonds. The zero-order chi connectivity index (χ0) is 14.3. The number of hydrogen-bond acceptors (Lipinski definition) is 1. The number of halogens is 2. The second-order valence-electron chi connectivity index (χ2n) is 5.38. The Labute approximate surface area is 116 Å². The van der Waals surface area contributed by atoms with Crippen molar-refractivity contribution in [3.05, 3.63) is 46.5 Å². The lowest BCUT2D eigenvalue weighted by atomic mass is 9.82. The Balaban J connectivity index is 2.12. The molecule has 0 bridgehead atoms. The first kappa shape index (κ1) is 13.0. The molecule has 20 heavy (non-hydrogen) atoms. The van der Waals surface area contributed by atoms with Gasteiger partial charge >= 0.3 is 0 Å². The summed E-state index contributed by atoms with van der Waals surface area (Å²) in [6, 6.07) is 1.73. The summed E-state index contributed by atoms with van der Waals surface area (Å²) in [6.45, 7) is 2.73. The fraction of sp³-hybridized carbons (Fsp3) is 0.375. The van der Waals surface area contributed by atoms with Crippen LogP contribution in [0.1, 0.15) is 19.8 Å². The lowest BCUT2D eigenvalue weighted by Gasteiger charge is -2.27. The van der Waals surface area contributed by atoms with E-state index < -0.39 is 17.9 Å². The molecule has 0 aromatic rings. The van der Waals surface area contributed by atoms with Crippen LogP contribution < -0.4 is 0 Å². The van der Waals surface area contributed by atoms with Crippen molar-refractivity contribution in [3.63, 3.8) is 0 Å². The van der Waals surface area contributed by atoms with Crippen LogP contribution in [0.25, 0.3) is 0 Å². The fourth-order valence-electron chi connectivity index (χ4n) is 2.90. The Morgan fingerprint density at radius 2 is 2.25 bits per heavy atom. The van der Waals surface area contributed by atoms with Crippen molar-refractivity contribution in [3.8, 4) is 6.07 Å². The molecule has 0 fully saturated rings. The highest BCUT2D eigenvalue weighted by atomic mass is 19.1. The van der Waals surface area contributed by atoms with Gasteiger partial charge in [-0.1, -0.05) is 5.57 Å². The van der Waals surface area contributed by atoms with Crippen molar-refractivity contribution < 1.29 is 13.4 Å². The average molecular weight is 273 g/mol. The molecule has 1 aliphatic carbocycles. The predicted molar refractivity (Wildman–Crippen MR) is 72.5 cm³/mol. The Kier molecular flexibility index (Phi) is 3.13. The fourth-order valence-corrected chi connectivity index (χ4v) is 2.90. The second kappa shape index (κ2) is 4.82. The molecule has 0 saturated heterocycles. The molecule has 0 radical (unpaired) electrons. The average Bonchev–Trinajstić information content (AvgIpc) is 2.61. The number of allylic oxidation sites excluding steroid dienone is 6. The van der Waals surface area contributed by atoms with Crippen molar-refractivity contribution in [1.29, 1.82) is 5.26 Å². The van der Waals surface area contributed by atoms with Crippen molar-refractivity contribution >= 4 is 6.21 Å². The van der Waals surface area contributed by atoms with Crippen LogP contribution in [0.2, 0.25) is 0 Å². The molecule has 0 N–H and O–H groups in total. The van der Waals surface area contributed by atoms with Gasteiger partial charge in [-0.15, -0.1) is 0 Å². The molecular formula is C16H15F2N2+. The number of fused-ring (bicyclic) bond motifs is 2. The van der Waals surface area contributed by atoms with E-state index in [2.05, 4.69) is 0 Å². The van der Waals surface area contributed by atoms with Crippen LogP contribution in [0.15, 0.2) is 46.5 Å². The number of rotatable bonds is 0. The van der Waals surface area contributed by atoms with Crippen molar-refractivity contribution in [2.24, 2.45) is 5.92 Å². The van der Waals surface area contributed by atoms with Crippen LogP contribution in [0.5, 0.6) is 0 Å². The number of nitriles is 1. The molecule has 0 saturated carbocycles. The highest BCUT2D eigenvalue weighted by Gasteiger charge is 2.41. The minimum Gasteiger partial charge on any atom is -0.240 e. The Hall–Kier alpha value is -2.02. The molecule has 3 rings (SSSR count). The van der Waals surface area contributed by atoms with Crippen LogP contribution in [-0.4, -0.2) is 23.5 Å². The molecule has 102 valence electrons. The number of alkyl halides is 1. The maximum absolute atomic E-state index is 14.6. The van der Waals surface area contributed by atoms with Gasteiger partial charge in [0.25, 0.3) is 0 Å². The third kappa shape index (κ3) is 1.94. The Morgan fingerprint density at radius 1 is 1.45 bits per heavy atom. The number of hydrogen-bond donors (Lipinski definition) is 0. The monoisotopic (exact) mass is 273 g/mol. The summed E-state index contributed by atoms with van der Waals surface area (Å²) in [5.41, 5.74) is 3.16. The molecule has 0 aromatic carbocycles. The van der Waals surface area contributed by atoms with E-state index in [0.717, 1.165) is 12.1 Å². The van der Waals surface area contributed by atoms with Crippen LogP contribution >= 0.6 is 0 Å². The maximum Gasteiger partial charge on any atom is 0.207 e. The van der Waals surface area contributed by atoms with Gasteiger partial charge in [0, 0.05) is 12.5 Å². The van der Waals surface area contributed by atoms with E-state index in [-0.39, 0.29) is 0 Å². The SMILES string of the molecule is CC1=CC=[N+]2CCC3=C(C2=CC1)C(F)C(C#N)C(F)=C3. The molecule has 3 aliphatic rings. The first-order valence-electron chi connectivity index (χ1n) is 6.73. The maximum atomic E-state index is 14.6. The quantitative estimate of drug-likeness (QED) is 0.622. The largest absolute Gasteiger partial charge is 0.240 e. The summed E-state index contributed by atoms with van der Waals surface area (Å²) in [7, 11) is 0. The Morgan fingerprint density at radius 3 is 3.00 bits per heavy atom. The minimum atomic E-state index is -1.58. The summed E-state index contributed by atoms with van der Waals surface area (Å²) in [6.07, 6.45) is 7.05. The lowest BCUT2D eigenvalue weighted by molar-refractivity contribution is -0.471. The van der Waals surface area contributed by atoms with Gasteiger partial charge in [-0.25, -0.2) is 8.78 Å². The summed E-state index contributed by atoms with van der Waals surface area (Å²) >= 11 is 0. The van der Waals surface area contributed by atoms with Crippen molar-refractivity contribution in [1.82, 2.24) is 0 Å². The van der Waals surface area contributed by atoms with Crippen LogP contribution in [0.4, 0.5) is 8.78 Å². The van der Waals surface area contributed by atoms with E-state index >= 15 is 0 Å². The van der Waals surface area contributed by atoms with E-state index in [1.165, 1.54) is 11.6 Å². The number of nitrogens with zero attached hydrogens (tertiary/aromatic N) is 2. The Bertz CT molecular complexity index is 656. The van der Waals surface area contributed by atoms with Gasteiger partial charge < -0.3 is 0 Å². The molecular weight excluding hydrogens is 258 g/mol. The van der Waals surface area contributed by atoms with Gasteiger partial charge in [0.15, 0.2) is 18.9 Å². The van der Waals surface area contributed by atoms with Gasteiger partial charge in [-0.3, -0.25) is 0 Å². The van der Waals surface area contributed by atoms with E-state index in [1.807, 2.05) is 29.9 Å². The molecule has 2 aliphatic heterocycles. The van der Waals surface area contributed by atoms with Crippen LogP contribution in [-0.2, 0) is 0 Å². The molecule has 2 nitrogen and oxygen atoms in total. The first-order valence-corrected chi connectivity index (χ1v) is 6.73. The van der Waals surface area contributed by atoms with E-state index in [4.69, 9.17) is 5.26 Å². The normalized spacial score (nSPS) is 29.1. The highest BCUT2D eigenvalue weighted by molar-refractivity contribution is 5.69. The van der Waals surface area contributed by atoms with Crippen molar-refractivity contribution in [2.45, 2.75) is 25.9 Å². The molecule has 2 atom stereocenters. The first-order chi connectivity index (χ1) is 9.61. The van der Waals surface area contributed by atoms with Gasteiger partial charge in [0.1, 0.15) is 11.7 Å². The molecule has 4 heteroatoms. The standard InChI is InChI=1S/C16H15F2N2/c1-10-2-3-14-15-11(5-7-20(14)6-4-10)8-13(17)12(9-19)16(15)18/h3-4,6,8,12,16H,2,5,7H2,1H3/q+1. The van der Waals surface area contributed by atoms with Gasteiger partial charge in [0.05, 0.1) is 11.6 Å². The summed E-state index contributed by atoms with van der Waals surface area (Å²) in [5, 5.41) is 8.97. The zero-order valence-corrected chi connectivity index (χ0v) is 11.2. The van der Waals surface area contributed by atoms with Gasteiger partial charge in [-0.05, 0) is 31.1 Å². The smallest absolute Gasteiger partial charge is 0.207 e. The molecule has 2 unspecified atom stereocenters. The van der Waals surface area contributed by atoms with Gasteiger partial charge in [0.2, 0.25) is 5.70 Å². The lowest BCUT2D eigenvalue weighted by Crippen LogP contribution is -2.31. The second-order valence-corrected chi connectivity index (χ2v) is 5.38. The highest BCUT2D eigenvalue weighted by Crippen LogP contribution is 2.40. The van der Waals surface area contributed by atoms with Gasteiger partial charge in [-0.2, -0.15) is 9.84 Å². The van der Waals surface area contributed by atoms with Crippen LogP contribution in [0, 0.1) is 17.2 Å².